The van der Waals surface area contributed by atoms with Crippen molar-refractivity contribution >= 4 is 11.9 Å². The molecule has 0 aliphatic carbocycles. The molecule has 1 aromatic rings. The van der Waals surface area contributed by atoms with E-state index >= 15 is 0 Å². The van der Waals surface area contributed by atoms with Crippen molar-refractivity contribution in [3.63, 3.8) is 0 Å². The first-order valence-electron chi connectivity index (χ1n) is 5.53. The van der Waals surface area contributed by atoms with Gasteiger partial charge in [0.2, 0.25) is 0 Å². The van der Waals surface area contributed by atoms with Crippen LogP contribution < -0.4 is 0 Å². The summed E-state index contributed by atoms with van der Waals surface area (Å²) in [6.07, 6.45) is 0. The molecule has 1 rings (SSSR count). The Morgan fingerprint density at radius 1 is 1.11 bits per heavy atom. The minimum atomic E-state index is -0.736. The lowest BCUT2D eigenvalue weighted by molar-refractivity contribution is -0.318. The van der Waals surface area contributed by atoms with Crippen LogP contribution in [-0.2, 0) is 19.5 Å². The first-order valence-corrected chi connectivity index (χ1v) is 5.53. The van der Waals surface area contributed by atoms with Crippen LogP contribution in [0.4, 0.5) is 0 Å². The van der Waals surface area contributed by atoms with Crippen molar-refractivity contribution in [1.29, 1.82) is 0 Å². The highest BCUT2D eigenvalue weighted by molar-refractivity contribution is 5.88. The van der Waals surface area contributed by atoms with Crippen molar-refractivity contribution < 1.29 is 29.5 Å². The molecule has 1 aromatic carbocycles. The lowest BCUT2D eigenvalue weighted by Crippen LogP contribution is -2.20. The van der Waals surface area contributed by atoms with E-state index in [-0.39, 0.29) is 0 Å². The van der Waals surface area contributed by atoms with E-state index in [9.17, 15) is 9.59 Å². The van der Waals surface area contributed by atoms with Crippen molar-refractivity contribution in [3.8, 4) is 0 Å². The summed E-state index contributed by atoms with van der Waals surface area (Å²) < 4.78 is 0. The van der Waals surface area contributed by atoms with Gasteiger partial charge in [0, 0.05) is 6.92 Å². The maximum Gasteiger partial charge on any atom is 0.372 e. The summed E-state index contributed by atoms with van der Waals surface area (Å²) in [6, 6.07) is 8.25. The van der Waals surface area contributed by atoms with Crippen LogP contribution in [0.5, 0.6) is 0 Å². The smallest absolute Gasteiger partial charge is 0.298 e. The summed E-state index contributed by atoms with van der Waals surface area (Å²) in [4.78, 5) is 33.1. The number of carbonyl (C=O) groups is 2. The maximum absolute atomic E-state index is 10.5. The molecule has 6 heteroatoms. The normalized spacial score (nSPS) is 9.95. The van der Waals surface area contributed by atoms with E-state index in [4.69, 9.17) is 5.26 Å². The van der Waals surface area contributed by atoms with E-state index in [1.165, 1.54) is 6.92 Å². The molecule has 0 radical (unpaired) electrons. The molecular formula is C13H18O6. The van der Waals surface area contributed by atoms with Crippen LogP contribution in [0.2, 0.25) is 0 Å². The van der Waals surface area contributed by atoms with Crippen LogP contribution in [-0.4, -0.2) is 22.8 Å². The summed E-state index contributed by atoms with van der Waals surface area (Å²) in [7, 11) is 0. The Labute approximate surface area is 111 Å². The summed E-state index contributed by atoms with van der Waals surface area (Å²) in [6.45, 7) is 6.70. The number of benzene rings is 1. The quantitative estimate of drug-likeness (QED) is 0.657. The summed E-state index contributed by atoms with van der Waals surface area (Å²) in [5.41, 5.74) is -0.0731. The van der Waals surface area contributed by atoms with Crippen molar-refractivity contribution in [2.24, 2.45) is 0 Å². The molecule has 0 heterocycles. The average molecular weight is 270 g/mol. The fourth-order valence-corrected chi connectivity index (χ4v) is 0.811. The monoisotopic (exact) mass is 270 g/mol. The zero-order valence-electron chi connectivity index (χ0n) is 11.4. The van der Waals surface area contributed by atoms with Crippen LogP contribution in [0.1, 0.15) is 38.1 Å². The molecule has 106 valence electrons. The average Bonchev–Trinajstić information content (AvgIpc) is 2.36. The lowest BCUT2D eigenvalue weighted by Gasteiger charge is -2.15. The molecule has 0 bridgehead atoms. The van der Waals surface area contributed by atoms with Crippen molar-refractivity contribution in [2.75, 3.05) is 0 Å². The van der Waals surface area contributed by atoms with Crippen LogP contribution in [0.15, 0.2) is 30.3 Å². The van der Waals surface area contributed by atoms with Gasteiger partial charge in [0.15, 0.2) is 0 Å². The fourth-order valence-electron chi connectivity index (χ4n) is 0.811. The predicted molar refractivity (Wildman–Crippen MR) is 67.1 cm³/mol. The van der Waals surface area contributed by atoms with Gasteiger partial charge in [0.25, 0.3) is 0 Å². The Balaban J connectivity index is 0.000000344. The largest absolute Gasteiger partial charge is 0.372 e. The summed E-state index contributed by atoms with van der Waals surface area (Å²) >= 11 is 0. The molecule has 0 fully saturated rings. The van der Waals surface area contributed by atoms with Crippen molar-refractivity contribution in [3.05, 3.63) is 35.9 Å². The van der Waals surface area contributed by atoms with Gasteiger partial charge in [0.05, 0.1) is 5.56 Å². The first-order chi connectivity index (χ1) is 8.76. The van der Waals surface area contributed by atoms with Crippen LogP contribution in [0, 0.1) is 0 Å². The van der Waals surface area contributed by atoms with E-state index < -0.39 is 17.5 Å². The molecule has 19 heavy (non-hydrogen) atoms. The summed E-state index contributed by atoms with van der Waals surface area (Å²) in [5.74, 6) is -1.16. The molecule has 1 N–H and O–H groups in total. The molecule has 0 saturated heterocycles. The minimum absolute atomic E-state index is 0.338. The van der Waals surface area contributed by atoms with E-state index in [0.29, 0.717) is 5.56 Å². The second-order valence-electron chi connectivity index (χ2n) is 4.52. The second-order valence-corrected chi connectivity index (χ2v) is 4.52. The van der Waals surface area contributed by atoms with Gasteiger partial charge in [-0.05, 0) is 32.9 Å². The molecule has 0 unspecified atom stereocenters. The van der Waals surface area contributed by atoms with Gasteiger partial charge < -0.3 is 0 Å². The highest BCUT2D eigenvalue weighted by Gasteiger charge is 2.12. The fraction of sp³-hybridized carbons (Fsp3) is 0.385. The SMILES string of the molecule is CC(=O)OOC(C)(C)C.O=C(OO)c1ccccc1. The van der Waals surface area contributed by atoms with Gasteiger partial charge in [-0.3, -0.25) is 9.78 Å². The van der Waals surface area contributed by atoms with Gasteiger partial charge in [-0.25, -0.2) is 9.59 Å². The molecule has 0 saturated carbocycles. The van der Waals surface area contributed by atoms with Crippen LogP contribution >= 0.6 is 0 Å². The molecule has 0 aromatic heterocycles. The third kappa shape index (κ3) is 9.75. The molecule has 0 amide bonds. The maximum atomic E-state index is 10.5. The van der Waals surface area contributed by atoms with Gasteiger partial charge in [-0.1, -0.05) is 18.2 Å². The Morgan fingerprint density at radius 2 is 1.63 bits per heavy atom. The zero-order chi connectivity index (χ0) is 14.9. The number of rotatable bonds is 2. The Hall–Kier alpha value is -1.92. The van der Waals surface area contributed by atoms with Crippen molar-refractivity contribution in [2.45, 2.75) is 33.3 Å². The zero-order valence-corrected chi connectivity index (χ0v) is 11.4. The highest BCUT2D eigenvalue weighted by Crippen LogP contribution is 2.06. The second kappa shape index (κ2) is 8.23. The van der Waals surface area contributed by atoms with E-state index in [1.54, 1.807) is 51.1 Å². The molecule has 0 aliphatic rings. The van der Waals surface area contributed by atoms with E-state index in [2.05, 4.69) is 14.7 Å². The molecular weight excluding hydrogens is 252 g/mol. The molecule has 0 atom stereocenters. The molecule has 0 aliphatic heterocycles. The minimum Gasteiger partial charge on any atom is -0.298 e. The topological polar surface area (TPSA) is 82.1 Å². The third-order valence-electron chi connectivity index (χ3n) is 1.50. The standard InChI is InChI=1S/C7H6O3.C6H12O3/c8-7(10-9)6-4-2-1-3-5-6;1-5(7)8-9-6(2,3)4/h1-5,9H;1-4H3. The Bertz CT molecular complexity index is 393. The summed E-state index contributed by atoms with van der Waals surface area (Å²) in [5, 5.41) is 7.94. The van der Waals surface area contributed by atoms with Crippen LogP contribution in [0.3, 0.4) is 0 Å². The molecule has 6 nitrogen and oxygen atoms in total. The van der Waals surface area contributed by atoms with E-state index in [0.717, 1.165) is 0 Å². The van der Waals surface area contributed by atoms with Gasteiger partial charge >= 0.3 is 11.9 Å². The Morgan fingerprint density at radius 3 is 1.95 bits per heavy atom. The van der Waals surface area contributed by atoms with E-state index in [1.807, 2.05) is 0 Å². The van der Waals surface area contributed by atoms with Crippen LogP contribution in [0.25, 0.3) is 0 Å². The Kier molecular flexibility index (Phi) is 7.40. The van der Waals surface area contributed by atoms with Gasteiger partial charge in [-0.2, -0.15) is 10.1 Å². The predicted octanol–water partition coefficient (Wildman–Crippen LogP) is 2.60. The number of carbonyl (C=O) groups excluding carboxylic acids is 2. The highest BCUT2D eigenvalue weighted by atomic mass is 17.2. The third-order valence-corrected chi connectivity index (χ3v) is 1.50. The van der Waals surface area contributed by atoms with Gasteiger partial charge in [0.1, 0.15) is 5.60 Å². The van der Waals surface area contributed by atoms with Crippen molar-refractivity contribution in [1.82, 2.24) is 0 Å². The number of hydrogen-bond donors (Lipinski definition) is 1. The van der Waals surface area contributed by atoms with Gasteiger partial charge in [-0.15, -0.1) is 0 Å². The number of hydrogen-bond acceptors (Lipinski definition) is 6. The molecule has 0 spiro atoms. The lowest BCUT2D eigenvalue weighted by atomic mass is 10.2. The first kappa shape index (κ1) is 17.1.